The van der Waals surface area contributed by atoms with Gasteiger partial charge in [-0.05, 0) is 24.4 Å². The van der Waals surface area contributed by atoms with Crippen molar-refractivity contribution in [1.29, 1.82) is 0 Å². The van der Waals surface area contributed by atoms with Gasteiger partial charge in [-0.2, -0.15) is 0 Å². The highest BCUT2D eigenvalue weighted by Gasteiger charge is 2.09. The summed E-state index contributed by atoms with van der Waals surface area (Å²) >= 11 is 2.60. The number of esters is 1. The van der Waals surface area contributed by atoms with E-state index in [2.05, 4.69) is 0 Å². The predicted molar refractivity (Wildman–Crippen MR) is 86.0 cm³/mol. The summed E-state index contributed by atoms with van der Waals surface area (Å²) in [7, 11) is 0. The van der Waals surface area contributed by atoms with Crippen molar-refractivity contribution >= 4 is 46.7 Å². The van der Waals surface area contributed by atoms with Crippen LogP contribution in [0.1, 0.15) is 11.8 Å². The van der Waals surface area contributed by atoms with Crippen LogP contribution in [0.25, 0.3) is 12.2 Å². The lowest BCUT2D eigenvalue weighted by atomic mass is 10.4. The molecular formula is C14H14N2O4S2. The average molecular weight is 338 g/mol. The Labute approximate surface area is 133 Å². The van der Waals surface area contributed by atoms with Gasteiger partial charge in [0.2, 0.25) is 5.91 Å². The number of nitrogens with zero attached hydrogens (tertiary/aromatic N) is 1. The molecule has 0 fully saturated rings. The van der Waals surface area contributed by atoms with Gasteiger partial charge in [0.1, 0.15) is 11.2 Å². The van der Waals surface area contributed by atoms with Gasteiger partial charge < -0.3 is 10.5 Å². The van der Waals surface area contributed by atoms with E-state index < -0.39 is 11.9 Å². The summed E-state index contributed by atoms with van der Waals surface area (Å²) in [6.07, 6.45) is 2.92. The largest absolute Gasteiger partial charge is 0.463 e. The highest BCUT2D eigenvalue weighted by atomic mass is 32.1. The molecule has 0 unspecified atom stereocenters. The maximum Gasteiger partial charge on any atom is 0.333 e. The van der Waals surface area contributed by atoms with Crippen molar-refractivity contribution in [3.63, 3.8) is 0 Å². The van der Waals surface area contributed by atoms with Crippen LogP contribution >= 0.6 is 22.7 Å². The molecule has 2 N–H and O–H groups in total. The van der Waals surface area contributed by atoms with E-state index in [4.69, 9.17) is 10.5 Å². The van der Waals surface area contributed by atoms with Crippen LogP contribution in [0, 0.1) is 0 Å². The van der Waals surface area contributed by atoms with Gasteiger partial charge in [0, 0.05) is 4.88 Å². The molecule has 0 radical (unpaired) electrons. The molecule has 0 aliphatic rings. The average Bonchev–Trinajstić information content (AvgIpc) is 3.03. The Bertz CT molecular complexity index is 847. The quantitative estimate of drug-likeness (QED) is 0.753. The van der Waals surface area contributed by atoms with Gasteiger partial charge in [-0.1, -0.05) is 6.07 Å². The molecule has 0 saturated carbocycles. The molecule has 0 spiro atoms. The Morgan fingerprint density at radius 2 is 2.23 bits per heavy atom. The topological polar surface area (TPSA) is 91.4 Å². The molecule has 2 rings (SSSR count). The van der Waals surface area contributed by atoms with E-state index in [0.29, 0.717) is 9.20 Å². The lowest BCUT2D eigenvalue weighted by Crippen LogP contribution is -2.36. The molecule has 2 aromatic rings. The minimum atomic E-state index is -0.652. The fourth-order valence-electron chi connectivity index (χ4n) is 1.74. The van der Waals surface area contributed by atoms with Gasteiger partial charge in [-0.3, -0.25) is 14.2 Å². The highest BCUT2D eigenvalue weighted by molar-refractivity contribution is 7.11. The van der Waals surface area contributed by atoms with Crippen molar-refractivity contribution in [2.24, 2.45) is 5.73 Å². The molecule has 0 aliphatic carbocycles. The molecule has 2 aromatic heterocycles. The molecule has 6 nitrogen and oxygen atoms in total. The summed E-state index contributed by atoms with van der Waals surface area (Å²) in [5.41, 5.74) is 4.81. The molecule has 22 heavy (non-hydrogen) atoms. The number of carbonyl (C=O) groups excluding carboxylic acids is 2. The zero-order valence-corrected chi connectivity index (χ0v) is 13.4. The van der Waals surface area contributed by atoms with E-state index in [-0.39, 0.29) is 18.7 Å². The monoisotopic (exact) mass is 338 g/mol. The second-order valence-electron chi connectivity index (χ2n) is 4.22. The van der Waals surface area contributed by atoms with Gasteiger partial charge in [0.05, 0.1) is 17.2 Å². The fourth-order valence-corrected chi connectivity index (χ4v) is 3.49. The molecule has 116 valence electrons. The predicted octanol–water partition coefficient (Wildman–Crippen LogP) is -0.371. The summed E-state index contributed by atoms with van der Waals surface area (Å²) < 4.78 is 6.79. The highest BCUT2D eigenvalue weighted by Crippen LogP contribution is 2.08. The first-order chi connectivity index (χ1) is 10.5. The lowest BCUT2D eigenvalue weighted by Gasteiger charge is -1.98. The number of ether oxygens (including phenoxy) is 1. The van der Waals surface area contributed by atoms with E-state index in [1.807, 2.05) is 17.5 Å². The van der Waals surface area contributed by atoms with Crippen LogP contribution in [-0.2, 0) is 20.9 Å². The van der Waals surface area contributed by atoms with Crippen LogP contribution in [0.15, 0.2) is 22.3 Å². The normalized spacial score (nSPS) is 12.6. The van der Waals surface area contributed by atoms with E-state index in [1.165, 1.54) is 22.0 Å². The smallest absolute Gasteiger partial charge is 0.333 e. The minimum Gasteiger partial charge on any atom is -0.463 e. The summed E-state index contributed by atoms with van der Waals surface area (Å²) in [5, 5.41) is 1.90. The fraction of sp³-hybridized carbons (Fsp3) is 0.214. The standard InChI is InChI=1S/C14H14N2O4S2/c1-2-20-13(18)7-12-16(8-11(15)17)14(19)10(22-12)6-9-4-3-5-21-9/h3-7H,2,8H2,1H3,(H2,15,17)/b10-6-,12-7-. The second-order valence-corrected chi connectivity index (χ2v) is 6.26. The Balaban J connectivity index is 2.60. The van der Waals surface area contributed by atoms with Crippen LogP contribution in [-0.4, -0.2) is 23.1 Å². The van der Waals surface area contributed by atoms with Gasteiger partial charge in [-0.15, -0.1) is 22.7 Å². The molecular weight excluding hydrogens is 324 g/mol. The molecule has 0 atom stereocenters. The first-order valence-electron chi connectivity index (χ1n) is 6.43. The number of aromatic nitrogens is 1. The second kappa shape index (κ2) is 7.19. The van der Waals surface area contributed by atoms with E-state index in [1.54, 1.807) is 13.0 Å². The maximum atomic E-state index is 12.4. The molecule has 2 heterocycles. The van der Waals surface area contributed by atoms with Crippen molar-refractivity contribution in [1.82, 2.24) is 4.57 Å². The Morgan fingerprint density at radius 1 is 1.45 bits per heavy atom. The molecule has 1 amide bonds. The van der Waals surface area contributed by atoms with Crippen molar-refractivity contribution < 1.29 is 14.3 Å². The van der Waals surface area contributed by atoms with Gasteiger partial charge in [0.25, 0.3) is 5.56 Å². The van der Waals surface area contributed by atoms with Crippen molar-refractivity contribution in [2.75, 3.05) is 6.61 Å². The first-order valence-corrected chi connectivity index (χ1v) is 8.12. The van der Waals surface area contributed by atoms with Crippen LogP contribution in [0.5, 0.6) is 0 Å². The maximum absolute atomic E-state index is 12.4. The number of primary amides is 1. The number of amides is 1. The molecule has 0 aliphatic heterocycles. The third-order valence-electron chi connectivity index (χ3n) is 2.59. The zero-order valence-electron chi connectivity index (χ0n) is 11.8. The lowest BCUT2D eigenvalue weighted by molar-refractivity contribution is -0.135. The SMILES string of the molecule is CCOC(=O)/C=c1\s/c(=C\c2cccs2)c(=O)n1CC(N)=O. The van der Waals surface area contributed by atoms with Gasteiger partial charge in [-0.25, -0.2) is 4.79 Å². The van der Waals surface area contributed by atoms with E-state index >= 15 is 0 Å². The number of hydrogen-bond acceptors (Lipinski definition) is 6. The summed E-state index contributed by atoms with van der Waals surface area (Å²) in [6, 6.07) is 3.74. The van der Waals surface area contributed by atoms with E-state index in [9.17, 15) is 14.4 Å². The number of nitrogens with two attached hydrogens (primary N) is 1. The van der Waals surface area contributed by atoms with Gasteiger partial charge in [0.15, 0.2) is 0 Å². The van der Waals surface area contributed by atoms with Crippen LogP contribution < -0.4 is 20.5 Å². The number of hydrogen-bond donors (Lipinski definition) is 1. The Hall–Kier alpha value is -2.19. The third-order valence-corrected chi connectivity index (χ3v) is 4.47. The number of carbonyl (C=O) groups is 2. The molecule has 0 aromatic carbocycles. The Kier molecular flexibility index (Phi) is 5.29. The molecule has 0 saturated heterocycles. The summed E-state index contributed by atoms with van der Waals surface area (Å²) in [6.45, 7) is 1.64. The summed E-state index contributed by atoms with van der Waals surface area (Å²) in [4.78, 5) is 36.0. The number of thiazole rings is 1. The minimum absolute atomic E-state index is 0.231. The third kappa shape index (κ3) is 3.92. The van der Waals surface area contributed by atoms with Crippen LogP contribution in [0.3, 0.4) is 0 Å². The zero-order chi connectivity index (χ0) is 16.1. The van der Waals surface area contributed by atoms with E-state index in [0.717, 1.165) is 16.2 Å². The summed E-state index contributed by atoms with van der Waals surface area (Å²) in [5.74, 6) is -1.22. The van der Waals surface area contributed by atoms with Crippen molar-refractivity contribution in [3.8, 4) is 0 Å². The Morgan fingerprint density at radius 3 is 2.82 bits per heavy atom. The van der Waals surface area contributed by atoms with Crippen molar-refractivity contribution in [2.45, 2.75) is 13.5 Å². The van der Waals surface area contributed by atoms with Crippen LogP contribution in [0.4, 0.5) is 0 Å². The number of thiophene rings is 1. The molecule has 8 heteroatoms. The number of rotatable bonds is 5. The van der Waals surface area contributed by atoms with Gasteiger partial charge >= 0.3 is 5.97 Å². The molecule has 0 bridgehead atoms. The van der Waals surface area contributed by atoms with Crippen LogP contribution in [0.2, 0.25) is 0 Å². The van der Waals surface area contributed by atoms with Crippen molar-refractivity contribution in [3.05, 3.63) is 41.9 Å². The first kappa shape index (κ1) is 16.2.